The van der Waals surface area contributed by atoms with E-state index in [-0.39, 0.29) is 0 Å². The maximum atomic E-state index is 9.75. The molecule has 0 aliphatic carbocycles. The van der Waals surface area contributed by atoms with E-state index in [1.165, 1.54) is 0 Å². The molecule has 1 fully saturated rings. The first-order valence-electron chi connectivity index (χ1n) is 6.21. The van der Waals surface area contributed by atoms with Crippen LogP contribution in [0.25, 0.3) is 4.98 Å². The number of benzene rings is 1. The Kier molecular flexibility index (Phi) is 6.23. The summed E-state index contributed by atoms with van der Waals surface area (Å²) in [4.78, 5) is 5.45. The van der Waals surface area contributed by atoms with E-state index in [9.17, 15) is 17.3 Å². The Morgan fingerprint density at radius 2 is 1.81 bits per heavy atom. The van der Waals surface area contributed by atoms with Crippen LogP contribution in [0.15, 0.2) is 18.2 Å². The van der Waals surface area contributed by atoms with Crippen LogP contribution in [0.4, 0.5) is 28.6 Å². The summed E-state index contributed by atoms with van der Waals surface area (Å²) in [6.45, 7) is 3.96. The van der Waals surface area contributed by atoms with Crippen molar-refractivity contribution in [3.05, 3.63) is 23.2 Å². The molecule has 1 aliphatic rings. The lowest BCUT2D eigenvalue weighted by Crippen LogP contribution is -2.43. The third-order valence-corrected chi connectivity index (χ3v) is 2.75. The molecule has 1 saturated heterocycles. The van der Waals surface area contributed by atoms with Crippen molar-refractivity contribution in [2.75, 3.05) is 38.2 Å². The molecule has 0 spiro atoms. The second-order valence-electron chi connectivity index (χ2n) is 4.19. The summed E-state index contributed by atoms with van der Waals surface area (Å²) in [7, 11) is -4.43. The first kappa shape index (κ1) is 17.0. The highest BCUT2D eigenvalue weighted by atomic mass is 19.5. The quantitative estimate of drug-likeness (QED) is 0.518. The first-order chi connectivity index (χ1) is 9.85. The van der Waals surface area contributed by atoms with Crippen molar-refractivity contribution >= 4 is 18.6 Å². The van der Waals surface area contributed by atoms with E-state index in [2.05, 4.69) is 15.2 Å². The Morgan fingerprint density at radius 1 is 1.24 bits per heavy atom. The van der Waals surface area contributed by atoms with Gasteiger partial charge in [-0.25, -0.2) is 0 Å². The maximum Gasteiger partial charge on any atom is 0.673 e. The molecule has 21 heavy (non-hydrogen) atoms. The van der Waals surface area contributed by atoms with E-state index >= 15 is 0 Å². The van der Waals surface area contributed by atoms with E-state index in [1.54, 1.807) is 13.2 Å². The van der Waals surface area contributed by atoms with Crippen LogP contribution in [0.2, 0.25) is 0 Å². The molecule has 1 aromatic carbocycles. The van der Waals surface area contributed by atoms with E-state index < -0.39 is 7.25 Å². The summed E-state index contributed by atoms with van der Waals surface area (Å²) in [6, 6.07) is 5.61. The fourth-order valence-corrected chi connectivity index (χ4v) is 1.87. The molecule has 2 rings (SSSR count). The van der Waals surface area contributed by atoms with Gasteiger partial charge in [0.25, 0.3) is 0 Å². The summed E-state index contributed by atoms with van der Waals surface area (Å²) in [5.74, 6) is 0.596. The number of nitrogens with zero attached hydrogens (tertiary/aromatic N) is 3. The average Bonchev–Trinajstić information content (AvgIpc) is 2.45. The van der Waals surface area contributed by atoms with E-state index in [0.717, 1.165) is 31.9 Å². The second kappa shape index (κ2) is 7.68. The number of hydrogen-bond acceptors (Lipinski definition) is 4. The van der Waals surface area contributed by atoms with Crippen molar-refractivity contribution in [2.45, 2.75) is 0 Å². The second-order valence-corrected chi connectivity index (χ2v) is 4.19. The van der Waals surface area contributed by atoms with Gasteiger partial charge >= 0.3 is 12.9 Å². The highest BCUT2D eigenvalue weighted by molar-refractivity contribution is 6.50. The Hall–Kier alpha value is -2.02. The lowest BCUT2D eigenvalue weighted by molar-refractivity contribution is 0.368. The minimum Gasteiger partial charge on any atom is -0.489 e. The molecule has 0 saturated carbocycles. The zero-order valence-corrected chi connectivity index (χ0v) is 11.4. The summed E-state index contributed by atoms with van der Waals surface area (Å²) in [5.41, 5.74) is 1.56. The fraction of sp³-hybridized carbons (Fsp3) is 0.455. The molecule has 0 bridgehead atoms. The molecular formula is C11H15BF4N4O. The topological polar surface area (TPSA) is 52.6 Å². The van der Waals surface area contributed by atoms with E-state index in [1.807, 2.05) is 12.1 Å². The monoisotopic (exact) mass is 306 g/mol. The molecule has 5 nitrogen and oxygen atoms in total. The predicted molar refractivity (Wildman–Crippen MR) is 73.0 cm³/mol. The van der Waals surface area contributed by atoms with Gasteiger partial charge < -0.3 is 32.2 Å². The number of methoxy groups -OCH3 is 1. The van der Waals surface area contributed by atoms with Crippen LogP contribution >= 0.6 is 0 Å². The maximum absolute atomic E-state index is 9.75. The van der Waals surface area contributed by atoms with Gasteiger partial charge in [-0.2, -0.15) is 0 Å². The fourth-order valence-electron chi connectivity index (χ4n) is 1.87. The lowest BCUT2D eigenvalue weighted by atomic mass is 10.2. The molecular weight excluding hydrogens is 291 g/mol. The van der Waals surface area contributed by atoms with E-state index in [4.69, 9.17) is 10.1 Å². The highest BCUT2D eigenvalue weighted by Crippen LogP contribution is 2.31. The summed E-state index contributed by atoms with van der Waals surface area (Å²) >= 11 is 0. The first-order valence-corrected chi connectivity index (χ1v) is 6.21. The van der Waals surface area contributed by atoms with Crippen LogP contribution in [-0.4, -0.2) is 40.5 Å². The van der Waals surface area contributed by atoms with Gasteiger partial charge in [-0.05, 0) is 6.07 Å². The molecule has 0 radical (unpaired) electrons. The van der Waals surface area contributed by atoms with Crippen LogP contribution in [0, 0.1) is 5.39 Å². The van der Waals surface area contributed by atoms with Crippen LogP contribution in [0.5, 0.6) is 5.75 Å². The highest BCUT2D eigenvalue weighted by Gasteiger charge is 2.20. The molecule has 116 valence electrons. The summed E-state index contributed by atoms with van der Waals surface area (Å²) in [6.07, 6.45) is 0. The van der Waals surface area contributed by atoms with Crippen LogP contribution in [0.1, 0.15) is 0 Å². The predicted octanol–water partition coefficient (Wildman–Crippen LogP) is 2.89. The van der Waals surface area contributed by atoms with Crippen LogP contribution in [0.3, 0.4) is 0 Å². The van der Waals surface area contributed by atoms with Gasteiger partial charge in [-0.1, -0.05) is 0 Å². The van der Waals surface area contributed by atoms with Gasteiger partial charge in [0.2, 0.25) is 11.1 Å². The minimum atomic E-state index is -6.00. The third-order valence-electron chi connectivity index (χ3n) is 2.75. The largest absolute Gasteiger partial charge is 0.673 e. The minimum absolute atomic E-state index is 0.460. The summed E-state index contributed by atoms with van der Waals surface area (Å²) < 4.78 is 44.2. The summed E-state index contributed by atoms with van der Waals surface area (Å²) in [5, 5.41) is 12.1. The zero-order valence-electron chi connectivity index (χ0n) is 11.4. The molecule has 0 aromatic heterocycles. The van der Waals surface area contributed by atoms with Crippen molar-refractivity contribution < 1.29 is 22.0 Å². The van der Waals surface area contributed by atoms with Gasteiger partial charge in [-0.3, -0.25) is 0 Å². The molecule has 1 aromatic rings. The van der Waals surface area contributed by atoms with Gasteiger partial charge in [-0.15, -0.1) is 0 Å². The zero-order chi connectivity index (χ0) is 15.9. The molecule has 0 amide bonds. The average molecular weight is 306 g/mol. The Labute approximate surface area is 119 Å². The number of halogens is 4. The number of rotatable bonds is 2. The standard InChI is InChI=1S/C11H15N4O.BF4/c1-16-11-8-9(2-3-10(11)14-12)15-6-4-13-5-7-15;2-1(3,4)5/h2-3,8,13H,4-7H2,1H3;/q+1;-1. The smallest absolute Gasteiger partial charge is 0.489 e. The van der Waals surface area contributed by atoms with Gasteiger partial charge in [0.05, 0.1) is 7.11 Å². The number of diazo groups is 1. The molecule has 0 atom stereocenters. The Balaban J connectivity index is 0.000000383. The normalized spacial score (nSPS) is 14.8. The molecule has 0 unspecified atom stereocenters. The Bertz CT molecular complexity index is 494. The van der Waals surface area contributed by atoms with Crippen LogP contribution in [-0.2, 0) is 0 Å². The van der Waals surface area contributed by atoms with Crippen molar-refractivity contribution in [1.29, 1.82) is 5.39 Å². The number of anilines is 1. The number of piperazine rings is 1. The number of nitrogens with one attached hydrogen (secondary N) is 1. The van der Waals surface area contributed by atoms with Crippen molar-refractivity contribution in [3.63, 3.8) is 0 Å². The molecule has 1 heterocycles. The van der Waals surface area contributed by atoms with Crippen molar-refractivity contribution in [1.82, 2.24) is 5.32 Å². The third kappa shape index (κ3) is 6.31. The molecule has 1 N–H and O–H groups in total. The van der Waals surface area contributed by atoms with Crippen molar-refractivity contribution in [2.24, 2.45) is 0 Å². The SMILES string of the molecule is COc1cc(N2CCNCC2)ccc1[N+]#N.F[B-](F)(F)F. The van der Waals surface area contributed by atoms with Gasteiger partial charge in [0.15, 0.2) is 4.98 Å². The van der Waals surface area contributed by atoms with Gasteiger partial charge in [0, 0.05) is 44.0 Å². The molecule has 1 aliphatic heterocycles. The number of hydrogen-bond donors (Lipinski definition) is 1. The molecule has 10 heteroatoms. The number of ether oxygens (including phenoxy) is 1. The van der Waals surface area contributed by atoms with Crippen molar-refractivity contribution in [3.8, 4) is 5.75 Å². The Morgan fingerprint density at radius 3 is 2.29 bits per heavy atom. The van der Waals surface area contributed by atoms with E-state index in [0.29, 0.717) is 11.4 Å². The van der Waals surface area contributed by atoms with Gasteiger partial charge in [0.1, 0.15) is 0 Å². The lowest BCUT2D eigenvalue weighted by Gasteiger charge is -2.29. The van der Waals surface area contributed by atoms with Crippen LogP contribution < -0.4 is 15.0 Å².